The number of halogens is 1. The lowest BCUT2D eigenvalue weighted by molar-refractivity contribution is -0.132. The first-order valence-corrected chi connectivity index (χ1v) is 33.8. The maximum atomic E-state index is 14.3. The minimum Gasteiger partial charge on any atom is -0.294 e. The van der Waals surface area contributed by atoms with Crippen LogP contribution in [0.1, 0.15) is 275 Å². The molecular weight excluding hydrogens is 1110 g/mol. The van der Waals surface area contributed by atoms with Gasteiger partial charge < -0.3 is 0 Å². The summed E-state index contributed by atoms with van der Waals surface area (Å²) in [6.45, 7) is 44.1. The number of ketones is 5. The van der Waals surface area contributed by atoms with Crippen LogP contribution in [-0.4, -0.2) is 49.8 Å². The molecule has 8 nitrogen and oxygen atoms in total. The minimum absolute atomic E-state index is 0.0626. The highest BCUT2D eigenvalue weighted by Crippen LogP contribution is 2.60. The van der Waals surface area contributed by atoms with Gasteiger partial charge in [-0.3, -0.25) is 24.0 Å². The maximum Gasteiger partial charge on any atom is 0.229 e. The number of rotatable bonds is 1. The van der Waals surface area contributed by atoms with Gasteiger partial charge in [0, 0.05) is 46.6 Å². The molecule has 7 aliphatic rings. The number of aromatic nitrogens is 3. The third-order valence-electron chi connectivity index (χ3n) is 17.8. The number of aryl methyl sites for hydroxylation is 2. The van der Waals surface area contributed by atoms with Crippen LogP contribution < -0.4 is 0 Å². The van der Waals surface area contributed by atoms with E-state index in [4.69, 9.17) is 0 Å². The summed E-state index contributed by atoms with van der Waals surface area (Å²) < 4.78 is 14.3. The second-order valence-electron chi connectivity index (χ2n) is 32.8. The van der Waals surface area contributed by atoms with E-state index in [1.54, 1.807) is 24.4 Å². The highest BCUT2D eigenvalue weighted by Gasteiger charge is 2.54. The summed E-state index contributed by atoms with van der Waals surface area (Å²) >= 11 is 0. The Kier molecular flexibility index (Phi) is 30.2. The van der Waals surface area contributed by atoms with E-state index < -0.39 is 23.0 Å². The summed E-state index contributed by atoms with van der Waals surface area (Å²) in [4.78, 5) is 60.4. The number of allylic oxidation sites excluding steroid dienone is 12. The number of hydrogen-bond donors (Lipinski definition) is 0. The molecule has 9 heteroatoms. The zero-order valence-corrected chi connectivity index (χ0v) is 60.0. The lowest BCUT2D eigenvalue weighted by Gasteiger charge is -2.34. The number of nitrogens with zero attached hydrogens (tertiary/aromatic N) is 3. The molecule has 1 aromatic carbocycles. The molecule has 0 radical (unpaired) electrons. The van der Waals surface area contributed by atoms with Crippen LogP contribution in [0.3, 0.4) is 0 Å². The number of benzene rings is 1. The fourth-order valence-corrected chi connectivity index (χ4v) is 11.9. The Morgan fingerprint density at radius 3 is 1.64 bits per heavy atom. The quantitative estimate of drug-likeness (QED) is 0.0909. The SMILES string of the molecule is CC(C)(C)C(=O)c1ccc2c(c1)CCC#CCC2.CC(C)(C)C1(F)C#CCCCCC1.CC(C)(C)C1=CC(=O)C(=O)C=C1.CC(C)(C)C1=CC=CC(=O)C1=O.CC(C)(C)C1C2CC/C=C/CCC21.CC(C)(C)C1CC/C=C/CCC1.CC(C)(C)c1cnncn1. The van der Waals surface area contributed by atoms with Gasteiger partial charge in [-0.05, 0) is 176 Å². The van der Waals surface area contributed by atoms with Crippen LogP contribution in [0.4, 0.5) is 4.39 Å². The Morgan fingerprint density at radius 2 is 1.16 bits per heavy atom. The molecule has 0 N–H and O–H groups in total. The Hall–Kier alpha value is -5.93. The molecule has 1 fully saturated rings. The number of carbonyl (C=O) groups excluding carboxylic acids is 5. The number of carbonyl (C=O) groups is 5. The topological polar surface area (TPSA) is 124 Å². The summed E-state index contributed by atoms with van der Waals surface area (Å²) in [6, 6.07) is 6.17. The lowest BCUT2D eigenvalue weighted by Crippen LogP contribution is -2.37. The molecule has 4 unspecified atom stereocenters. The largest absolute Gasteiger partial charge is 0.294 e. The van der Waals surface area contributed by atoms with E-state index in [-0.39, 0.29) is 38.6 Å². The molecule has 1 aromatic heterocycles. The molecule has 0 saturated heterocycles. The third kappa shape index (κ3) is 27.1. The predicted molar refractivity (Wildman–Crippen MR) is 373 cm³/mol. The first-order chi connectivity index (χ1) is 41.6. The van der Waals surface area contributed by atoms with Gasteiger partial charge in [-0.25, -0.2) is 9.37 Å². The molecule has 4 atom stereocenters. The van der Waals surface area contributed by atoms with E-state index in [0.29, 0.717) is 22.8 Å². The minimum atomic E-state index is -1.27. The Bertz CT molecular complexity index is 3010. The highest BCUT2D eigenvalue weighted by atomic mass is 19.1. The monoisotopic (exact) mass is 1230 g/mol. The molecule has 0 aliphatic heterocycles. The zero-order valence-electron chi connectivity index (χ0n) is 60.0. The average molecular weight is 1230 g/mol. The number of fused-ring (bicyclic) bond motifs is 2. The van der Waals surface area contributed by atoms with E-state index in [1.165, 1.54) is 93.5 Å². The Balaban J connectivity index is 0.000000276. The summed E-state index contributed by atoms with van der Waals surface area (Å²) in [5, 5.41) is 7.34. The van der Waals surface area contributed by atoms with Crippen LogP contribution in [0.2, 0.25) is 0 Å². The summed E-state index contributed by atoms with van der Waals surface area (Å²) in [6.07, 6.45) is 42.6. The average Bonchev–Trinajstić information content (AvgIpc) is 1.59. The van der Waals surface area contributed by atoms with Crippen molar-refractivity contribution < 1.29 is 28.4 Å². The smallest absolute Gasteiger partial charge is 0.229 e. The first-order valence-electron chi connectivity index (χ1n) is 33.8. The number of hydrogen-bond acceptors (Lipinski definition) is 8. The fourth-order valence-electron chi connectivity index (χ4n) is 11.9. The van der Waals surface area contributed by atoms with Gasteiger partial charge in [0.15, 0.2) is 11.5 Å². The van der Waals surface area contributed by atoms with E-state index in [2.05, 4.69) is 138 Å². The fraction of sp³-hybridized carbons (Fsp3) is 0.630. The highest BCUT2D eigenvalue weighted by molar-refractivity contribution is 6.48. The lowest BCUT2D eigenvalue weighted by atomic mass is 9.75. The van der Waals surface area contributed by atoms with Crippen LogP contribution >= 0.6 is 0 Å². The summed E-state index contributed by atoms with van der Waals surface area (Å²) in [5.74, 6) is 14.8. The van der Waals surface area contributed by atoms with Crippen LogP contribution in [0.15, 0.2) is 103 Å². The second kappa shape index (κ2) is 34.7. The van der Waals surface area contributed by atoms with E-state index in [9.17, 15) is 28.4 Å². The standard InChI is InChI=1S/C17H20O.C13H22.C12H19F.C12H22.2C10H12O2.C7H11N3/c1-17(2,3)16(18)15-11-10-13-8-6-4-5-7-9-14(13)12-15;1-13(2,3)12-10-8-6-4-5-7-9-11(10)12;1-11(2,3)12(13)9-7-5-4-6-8-10-12;1-12(2,3)11-9-7-5-4-6-8-10-11;1-10(2,3)7-4-5-8(11)9(12)6-7;1-10(2,3)7-5-4-6-8(11)9(7)12;1-7(2,3)6-4-9-10-5-8-6/h10-12H,6-9H2,1-3H3;4-5,10-12H,6-9H2,1-3H3;4-7,9H2,1-3H3;4-5,11H,6-10H2,1-3H3;2*4-6H,1-3H3;4-5H,1-3H3/b;5-4+;;5-4+;;;. The van der Waals surface area contributed by atoms with Gasteiger partial charge >= 0.3 is 0 Å². The molecule has 1 heterocycles. The van der Waals surface area contributed by atoms with Crippen LogP contribution in [0, 0.1) is 79.8 Å². The van der Waals surface area contributed by atoms with Gasteiger partial charge in [0.25, 0.3) is 0 Å². The summed E-state index contributed by atoms with van der Waals surface area (Å²) in [5.41, 5.74) is 4.90. The molecule has 7 aliphatic carbocycles. The Morgan fingerprint density at radius 1 is 0.567 bits per heavy atom. The molecular formula is C81H118FN3O5. The van der Waals surface area contributed by atoms with Crippen molar-refractivity contribution in [3.8, 4) is 23.7 Å². The van der Waals surface area contributed by atoms with Crippen LogP contribution in [0.5, 0.6) is 0 Å². The maximum absolute atomic E-state index is 14.3. The predicted octanol–water partition coefficient (Wildman–Crippen LogP) is 20.2. The molecule has 0 bridgehead atoms. The van der Waals surface area contributed by atoms with Crippen molar-refractivity contribution in [3.63, 3.8) is 0 Å². The zero-order chi connectivity index (χ0) is 67.9. The van der Waals surface area contributed by atoms with Crippen molar-refractivity contribution >= 4 is 28.9 Å². The Labute approximate surface area is 546 Å². The van der Waals surface area contributed by atoms with Crippen molar-refractivity contribution in [3.05, 3.63) is 125 Å². The number of Topliss-reactive ketones (excluding diaryl/α,β-unsaturated/α-hetero) is 2. The first kappa shape index (κ1) is 78.3. The molecule has 90 heavy (non-hydrogen) atoms. The molecule has 9 rings (SSSR count). The second-order valence-corrected chi connectivity index (χ2v) is 32.8. The normalized spacial score (nSPS) is 23.3. The molecule has 0 spiro atoms. The molecule has 1 saturated carbocycles. The van der Waals surface area contributed by atoms with Gasteiger partial charge in [0.05, 0.1) is 11.9 Å². The van der Waals surface area contributed by atoms with Crippen LogP contribution in [0.25, 0.3) is 0 Å². The number of alkyl halides is 1. The van der Waals surface area contributed by atoms with Gasteiger partial charge in [0.1, 0.15) is 6.33 Å². The van der Waals surface area contributed by atoms with Crippen molar-refractivity contribution in [1.29, 1.82) is 0 Å². The van der Waals surface area contributed by atoms with Crippen LogP contribution in [-0.2, 0) is 37.4 Å². The van der Waals surface area contributed by atoms with E-state index in [1.807, 2.05) is 89.2 Å². The van der Waals surface area contributed by atoms with E-state index >= 15 is 0 Å². The van der Waals surface area contributed by atoms with Crippen molar-refractivity contribution in [2.24, 2.45) is 56.2 Å². The van der Waals surface area contributed by atoms with Gasteiger partial charge in [-0.15, -0.1) is 16.9 Å². The third-order valence-corrected chi connectivity index (χ3v) is 17.8. The molecule has 494 valence electrons. The van der Waals surface area contributed by atoms with Crippen molar-refractivity contribution in [2.45, 2.75) is 272 Å². The molecule has 2 aromatic rings. The van der Waals surface area contributed by atoms with Crippen molar-refractivity contribution in [2.75, 3.05) is 0 Å². The van der Waals surface area contributed by atoms with Gasteiger partial charge in [0.2, 0.25) is 23.1 Å². The van der Waals surface area contributed by atoms with Crippen molar-refractivity contribution in [1.82, 2.24) is 15.2 Å². The molecule has 0 amide bonds. The van der Waals surface area contributed by atoms with Gasteiger partial charge in [-0.2, -0.15) is 5.10 Å². The van der Waals surface area contributed by atoms with Gasteiger partial charge in [-0.1, -0.05) is 218 Å². The summed E-state index contributed by atoms with van der Waals surface area (Å²) in [7, 11) is 0. The van der Waals surface area contributed by atoms with E-state index in [0.717, 1.165) is 91.9 Å².